The maximum Gasteiger partial charge on any atom is 0.332 e. The van der Waals surface area contributed by atoms with Gasteiger partial charge in [-0.3, -0.25) is 18.8 Å². The number of aromatic nitrogens is 4. The molecule has 0 fully saturated rings. The summed E-state index contributed by atoms with van der Waals surface area (Å²) in [7, 11) is 0. The van der Waals surface area contributed by atoms with E-state index >= 15 is 0 Å². The highest BCUT2D eigenvalue weighted by Crippen LogP contribution is 2.27. The summed E-state index contributed by atoms with van der Waals surface area (Å²) in [5.41, 5.74) is 1.22. The number of ether oxygens (including phenoxy) is 2. The van der Waals surface area contributed by atoms with Crippen LogP contribution in [0.25, 0.3) is 11.2 Å². The Labute approximate surface area is 239 Å². The molecule has 1 unspecified atom stereocenters. The Balaban J connectivity index is 0.00000441. The van der Waals surface area contributed by atoms with Crippen LogP contribution in [0, 0.1) is 0 Å². The van der Waals surface area contributed by atoms with Crippen LogP contribution in [0.15, 0.2) is 70.5 Å². The van der Waals surface area contributed by atoms with E-state index in [4.69, 9.17) is 9.47 Å². The smallest absolute Gasteiger partial charge is 0.332 e. The van der Waals surface area contributed by atoms with Crippen LogP contribution >= 0.6 is 12.4 Å². The van der Waals surface area contributed by atoms with Crippen LogP contribution in [-0.2, 0) is 26.2 Å². The zero-order valence-corrected chi connectivity index (χ0v) is 24.0. The van der Waals surface area contributed by atoms with Crippen LogP contribution in [0.1, 0.15) is 26.3 Å². The number of rotatable bonds is 14. The number of benzene rings is 2. The summed E-state index contributed by atoms with van der Waals surface area (Å²) >= 11 is 0. The quantitative estimate of drug-likeness (QED) is 0.248. The lowest BCUT2D eigenvalue weighted by Crippen LogP contribution is -2.40. The molecule has 216 valence electrons. The molecule has 4 rings (SSSR count). The minimum Gasteiger partial charge on any atom is -0.487 e. The third-order valence-corrected chi connectivity index (χ3v) is 6.71. The summed E-state index contributed by atoms with van der Waals surface area (Å²) in [6.45, 7) is 9.12. The van der Waals surface area contributed by atoms with E-state index < -0.39 is 6.10 Å². The van der Waals surface area contributed by atoms with Gasteiger partial charge in [-0.2, -0.15) is 0 Å². The predicted octanol–water partition coefficient (Wildman–Crippen LogP) is 3.16. The molecule has 0 saturated carbocycles. The summed E-state index contributed by atoms with van der Waals surface area (Å²) in [6, 6.07) is 17.3. The van der Waals surface area contributed by atoms with E-state index in [1.54, 1.807) is 17.8 Å². The zero-order valence-electron chi connectivity index (χ0n) is 23.2. The van der Waals surface area contributed by atoms with Crippen LogP contribution in [0.2, 0.25) is 0 Å². The van der Waals surface area contributed by atoms with E-state index in [1.165, 1.54) is 9.13 Å². The number of fused-ring (bicyclic) bond motifs is 1. The Kier molecular flexibility index (Phi) is 11.4. The van der Waals surface area contributed by atoms with Gasteiger partial charge in [0.2, 0.25) is 0 Å². The Hall–Kier alpha value is -3.60. The second-order valence-corrected chi connectivity index (χ2v) is 9.27. The number of halogens is 1. The van der Waals surface area contributed by atoms with Gasteiger partial charge in [-0.15, -0.1) is 12.4 Å². The number of imidazole rings is 1. The Morgan fingerprint density at radius 1 is 0.925 bits per heavy atom. The van der Waals surface area contributed by atoms with Gasteiger partial charge in [0.15, 0.2) is 22.7 Å². The molecule has 2 aromatic carbocycles. The van der Waals surface area contributed by atoms with Gasteiger partial charge in [0.1, 0.15) is 19.3 Å². The van der Waals surface area contributed by atoms with Gasteiger partial charge in [0, 0.05) is 32.7 Å². The lowest BCUT2D eigenvalue weighted by Gasteiger charge is -2.24. The van der Waals surface area contributed by atoms with E-state index in [0.717, 1.165) is 5.56 Å². The lowest BCUT2D eigenvalue weighted by molar-refractivity contribution is 0.0674. The highest BCUT2D eigenvalue weighted by Gasteiger charge is 2.18. The summed E-state index contributed by atoms with van der Waals surface area (Å²) in [5.74, 6) is 1.20. The first kappa shape index (κ1) is 30.9. The molecule has 2 heterocycles. The average Bonchev–Trinajstić information content (AvgIpc) is 3.38. The van der Waals surface area contributed by atoms with Crippen LogP contribution in [0.4, 0.5) is 0 Å². The second-order valence-electron chi connectivity index (χ2n) is 9.27. The summed E-state index contributed by atoms with van der Waals surface area (Å²) in [4.78, 5) is 32.1. The van der Waals surface area contributed by atoms with Crippen molar-refractivity contribution in [2.24, 2.45) is 0 Å². The predicted molar refractivity (Wildman–Crippen MR) is 158 cm³/mol. The van der Waals surface area contributed by atoms with Crippen LogP contribution in [-0.4, -0.2) is 61.0 Å². The van der Waals surface area contributed by atoms with Crippen LogP contribution in [0.5, 0.6) is 11.5 Å². The molecular formula is C29H38ClN5O5. The number of likely N-dealkylation sites (N-methyl/N-ethyl adjacent to an activating group) is 1. The molecule has 0 aliphatic heterocycles. The summed E-state index contributed by atoms with van der Waals surface area (Å²) < 4.78 is 16.4. The lowest BCUT2D eigenvalue weighted by atomic mass is 10.2. The van der Waals surface area contributed by atoms with Crippen LogP contribution < -0.4 is 20.7 Å². The van der Waals surface area contributed by atoms with Crippen molar-refractivity contribution in [3.8, 4) is 11.5 Å². The third kappa shape index (κ3) is 7.12. The second kappa shape index (κ2) is 14.7. The topological polar surface area (TPSA) is 104 Å². The van der Waals surface area contributed by atoms with Gasteiger partial charge in [-0.05, 0) is 38.1 Å². The van der Waals surface area contributed by atoms with Crippen LogP contribution in [0.3, 0.4) is 0 Å². The molecule has 1 N–H and O–H groups in total. The van der Waals surface area contributed by atoms with Crippen molar-refractivity contribution < 1.29 is 14.6 Å². The van der Waals surface area contributed by atoms with Crippen molar-refractivity contribution in [1.82, 2.24) is 23.6 Å². The number of para-hydroxylation sites is 2. The number of hydrogen-bond donors (Lipinski definition) is 1. The summed E-state index contributed by atoms with van der Waals surface area (Å²) in [5, 5.41) is 10.7. The molecule has 0 bridgehead atoms. The fourth-order valence-electron chi connectivity index (χ4n) is 4.56. The zero-order chi connectivity index (χ0) is 27.8. The molecule has 40 heavy (non-hydrogen) atoms. The SMILES string of the molecule is CCN(CCn1cnc2c1c(=O)n(CC)c(=O)n2CC)CC(O)COc1ccccc1OCc1ccccc1.Cl. The van der Waals surface area contributed by atoms with Crippen molar-refractivity contribution in [2.45, 2.75) is 53.1 Å². The Bertz CT molecular complexity index is 1480. The number of nitrogens with zero attached hydrogens (tertiary/aromatic N) is 5. The average molecular weight is 572 g/mol. The van der Waals surface area contributed by atoms with Crippen molar-refractivity contribution in [1.29, 1.82) is 0 Å². The van der Waals surface area contributed by atoms with E-state index in [1.807, 2.05) is 68.4 Å². The molecule has 0 aliphatic rings. The Morgan fingerprint density at radius 2 is 1.57 bits per heavy atom. The number of aliphatic hydroxyl groups is 1. The van der Waals surface area contributed by atoms with Gasteiger partial charge < -0.3 is 19.1 Å². The molecule has 1 atom stereocenters. The molecule has 0 aliphatic carbocycles. The molecule has 0 spiro atoms. The van der Waals surface area contributed by atoms with E-state index in [0.29, 0.717) is 68.5 Å². The largest absolute Gasteiger partial charge is 0.487 e. The molecule has 11 heteroatoms. The first-order valence-corrected chi connectivity index (χ1v) is 13.4. The minimum atomic E-state index is -0.728. The molecule has 4 aromatic rings. The molecule has 10 nitrogen and oxygen atoms in total. The molecule has 0 amide bonds. The molecule has 0 saturated heterocycles. The molecule has 2 aromatic heterocycles. The highest BCUT2D eigenvalue weighted by atomic mass is 35.5. The monoisotopic (exact) mass is 571 g/mol. The van der Waals surface area contributed by atoms with E-state index in [-0.39, 0.29) is 30.3 Å². The minimum absolute atomic E-state index is 0. The standard InChI is InChI=1S/C29H37N5O5.ClH/c1-4-31(16-17-32-21-30-27-26(32)28(36)34(6-3)29(37)33(27)5-2)18-23(35)20-39-25-15-11-10-14-24(25)38-19-22-12-8-7-9-13-22;/h7-15,21,23,35H,4-6,16-20H2,1-3H3;1H. The van der Waals surface area contributed by atoms with Crippen molar-refractivity contribution in [2.75, 3.05) is 26.2 Å². The van der Waals surface area contributed by atoms with E-state index in [2.05, 4.69) is 9.88 Å². The fraction of sp³-hybridized carbons (Fsp3) is 0.414. The first-order chi connectivity index (χ1) is 19.0. The Morgan fingerprint density at radius 3 is 2.23 bits per heavy atom. The molecular weight excluding hydrogens is 534 g/mol. The number of hydrogen-bond acceptors (Lipinski definition) is 7. The molecule has 0 radical (unpaired) electrons. The number of aryl methyl sites for hydroxylation is 1. The maximum absolute atomic E-state index is 13.0. The first-order valence-electron chi connectivity index (χ1n) is 13.4. The fourth-order valence-corrected chi connectivity index (χ4v) is 4.56. The van der Waals surface area contributed by atoms with E-state index in [9.17, 15) is 14.7 Å². The van der Waals surface area contributed by atoms with Gasteiger partial charge in [-0.1, -0.05) is 49.4 Å². The van der Waals surface area contributed by atoms with Crippen molar-refractivity contribution >= 4 is 23.6 Å². The van der Waals surface area contributed by atoms with Gasteiger partial charge in [0.05, 0.1) is 6.33 Å². The van der Waals surface area contributed by atoms with Gasteiger partial charge in [0.25, 0.3) is 5.56 Å². The van der Waals surface area contributed by atoms with Gasteiger partial charge >= 0.3 is 5.69 Å². The highest BCUT2D eigenvalue weighted by molar-refractivity contribution is 5.85. The summed E-state index contributed by atoms with van der Waals surface area (Å²) in [6.07, 6.45) is 0.881. The van der Waals surface area contributed by atoms with Gasteiger partial charge in [-0.25, -0.2) is 9.78 Å². The van der Waals surface area contributed by atoms with Crippen molar-refractivity contribution in [3.63, 3.8) is 0 Å². The normalized spacial score (nSPS) is 11.9. The maximum atomic E-state index is 13.0. The van der Waals surface area contributed by atoms with Crippen molar-refractivity contribution in [3.05, 3.63) is 87.3 Å². The third-order valence-electron chi connectivity index (χ3n) is 6.71. The number of aliphatic hydroxyl groups excluding tert-OH is 1.